The fourth-order valence-corrected chi connectivity index (χ4v) is 1.35. The van der Waals surface area contributed by atoms with Gasteiger partial charge in [-0.25, -0.2) is 0 Å². The van der Waals surface area contributed by atoms with Crippen molar-refractivity contribution >= 4 is 17.8 Å². The number of aryl methyl sites for hydroxylation is 1. The fraction of sp³-hybridized carbons (Fsp3) is 0.364. The van der Waals surface area contributed by atoms with E-state index in [0.29, 0.717) is 0 Å². The molecule has 3 nitrogen and oxygen atoms in total. The molecule has 1 amide bonds. The van der Waals surface area contributed by atoms with Gasteiger partial charge in [0.2, 0.25) is 6.41 Å². The molecule has 0 spiro atoms. The summed E-state index contributed by atoms with van der Waals surface area (Å²) in [6, 6.07) is 6.06. The number of anilines is 2. The molecule has 0 aliphatic rings. The summed E-state index contributed by atoms with van der Waals surface area (Å²) in [6.07, 6.45) is 0.821. The van der Waals surface area contributed by atoms with E-state index in [1.807, 2.05) is 44.1 Å². The second kappa shape index (κ2) is 4.13. The van der Waals surface area contributed by atoms with Gasteiger partial charge in [0.25, 0.3) is 0 Å². The fourth-order valence-electron chi connectivity index (χ4n) is 1.35. The van der Waals surface area contributed by atoms with Crippen LogP contribution in [0.2, 0.25) is 0 Å². The highest BCUT2D eigenvalue weighted by molar-refractivity contribution is 5.83. The van der Waals surface area contributed by atoms with Gasteiger partial charge >= 0.3 is 0 Å². The standard InChI is InChI=1S/C11H16N2O/c1-9-5-6-10(12(2)3)11(7-9)13(4)8-14/h5-8H,1-4H3. The van der Waals surface area contributed by atoms with Crippen LogP contribution in [-0.4, -0.2) is 27.6 Å². The van der Waals surface area contributed by atoms with Crippen LogP contribution in [-0.2, 0) is 4.79 Å². The lowest BCUT2D eigenvalue weighted by Gasteiger charge is -2.21. The number of rotatable bonds is 3. The number of hydrogen-bond donors (Lipinski definition) is 0. The lowest BCUT2D eigenvalue weighted by molar-refractivity contribution is -0.107. The molecule has 0 fully saturated rings. The zero-order valence-electron chi connectivity index (χ0n) is 9.11. The maximum Gasteiger partial charge on any atom is 0.213 e. The third-order valence-electron chi connectivity index (χ3n) is 2.15. The Morgan fingerprint density at radius 3 is 2.29 bits per heavy atom. The molecule has 1 aromatic carbocycles. The molecule has 1 aromatic rings. The van der Waals surface area contributed by atoms with E-state index in [2.05, 4.69) is 0 Å². The number of amides is 1. The minimum Gasteiger partial charge on any atom is -0.376 e. The van der Waals surface area contributed by atoms with Crippen molar-refractivity contribution in [3.63, 3.8) is 0 Å². The zero-order chi connectivity index (χ0) is 10.7. The Labute approximate surface area is 84.9 Å². The molecule has 0 saturated carbocycles. The Balaban J connectivity index is 3.22. The molecule has 0 atom stereocenters. The minimum atomic E-state index is 0.821. The third kappa shape index (κ3) is 2.05. The Kier molecular flexibility index (Phi) is 3.12. The average molecular weight is 192 g/mol. The molecule has 1 rings (SSSR count). The molecule has 0 aliphatic heterocycles. The van der Waals surface area contributed by atoms with E-state index in [1.54, 1.807) is 11.9 Å². The highest BCUT2D eigenvalue weighted by Crippen LogP contribution is 2.27. The summed E-state index contributed by atoms with van der Waals surface area (Å²) < 4.78 is 0. The monoisotopic (exact) mass is 192 g/mol. The number of carbonyl (C=O) groups excluding carboxylic acids is 1. The van der Waals surface area contributed by atoms with Gasteiger partial charge in [-0.15, -0.1) is 0 Å². The number of hydrogen-bond acceptors (Lipinski definition) is 2. The second-order valence-corrected chi connectivity index (χ2v) is 3.60. The lowest BCUT2D eigenvalue weighted by atomic mass is 10.1. The Hall–Kier alpha value is -1.51. The molecule has 0 unspecified atom stereocenters. The first-order chi connectivity index (χ1) is 6.56. The predicted octanol–water partition coefficient (Wildman–Crippen LogP) is 1.65. The van der Waals surface area contributed by atoms with Gasteiger partial charge in [-0.1, -0.05) is 6.07 Å². The van der Waals surface area contributed by atoms with Crippen LogP contribution >= 0.6 is 0 Å². The molecule has 0 saturated heterocycles. The number of nitrogens with zero attached hydrogens (tertiary/aromatic N) is 2. The molecule has 0 aromatic heterocycles. The van der Waals surface area contributed by atoms with Crippen molar-refractivity contribution in [3.8, 4) is 0 Å². The van der Waals surface area contributed by atoms with Crippen LogP contribution < -0.4 is 9.80 Å². The molecule has 0 radical (unpaired) electrons. The van der Waals surface area contributed by atoms with Gasteiger partial charge < -0.3 is 9.80 Å². The van der Waals surface area contributed by atoms with E-state index in [0.717, 1.165) is 23.3 Å². The molecular formula is C11H16N2O. The first kappa shape index (κ1) is 10.6. The zero-order valence-corrected chi connectivity index (χ0v) is 9.11. The summed E-state index contributed by atoms with van der Waals surface area (Å²) in [7, 11) is 5.69. The topological polar surface area (TPSA) is 23.6 Å². The van der Waals surface area contributed by atoms with Crippen LogP contribution in [0.5, 0.6) is 0 Å². The smallest absolute Gasteiger partial charge is 0.213 e. The minimum absolute atomic E-state index is 0.821. The van der Waals surface area contributed by atoms with Crippen molar-refractivity contribution < 1.29 is 4.79 Å². The summed E-state index contributed by atoms with van der Waals surface area (Å²) in [5, 5.41) is 0. The van der Waals surface area contributed by atoms with E-state index in [4.69, 9.17) is 0 Å². The molecule has 3 heteroatoms. The van der Waals surface area contributed by atoms with Crippen LogP contribution in [0.4, 0.5) is 11.4 Å². The van der Waals surface area contributed by atoms with E-state index < -0.39 is 0 Å². The van der Waals surface area contributed by atoms with Crippen LogP contribution in [0.1, 0.15) is 5.56 Å². The van der Waals surface area contributed by atoms with E-state index in [-0.39, 0.29) is 0 Å². The van der Waals surface area contributed by atoms with Gasteiger partial charge in [-0.05, 0) is 24.6 Å². The van der Waals surface area contributed by atoms with Gasteiger partial charge in [0.05, 0.1) is 11.4 Å². The van der Waals surface area contributed by atoms with Gasteiger partial charge in [-0.3, -0.25) is 4.79 Å². The molecular weight excluding hydrogens is 176 g/mol. The SMILES string of the molecule is Cc1ccc(N(C)C)c(N(C)C=O)c1. The maximum atomic E-state index is 10.7. The molecule has 0 N–H and O–H groups in total. The van der Waals surface area contributed by atoms with Crippen LogP contribution in [0.15, 0.2) is 18.2 Å². The number of carbonyl (C=O) groups is 1. The maximum absolute atomic E-state index is 10.7. The first-order valence-electron chi connectivity index (χ1n) is 4.52. The van der Waals surface area contributed by atoms with Crippen LogP contribution in [0, 0.1) is 6.92 Å². The van der Waals surface area contributed by atoms with Crippen molar-refractivity contribution in [3.05, 3.63) is 23.8 Å². The molecule has 76 valence electrons. The summed E-state index contributed by atoms with van der Waals surface area (Å²) in [6.45, 7) is 2.02. The normalized spacial score (nSPS) is 9.71. The lowest BCUT2D eigenvalue weighted by Crippen LogP contribution is -2.19. The van der Waals surface area contributed by atoms with Crippen LogP contribution in [0.25, 0.3) is 0 Å². The van der Waals surface area contributed by atoms with E-state index >= 15 is 0 Å². The molecule has 0 bridgehead atoms. The Morgan fingerprint density at radius 2 is 1.79 bits per heavy atom. The summed E-state index contributed by atoms with van der Waals surface area (Å²) >= 11 is 0. The van der Waals surface area contributed by atoms with E-state index in [9.17, 15) is 4.79 Å². The predicted molar refractivity (Wildman–Crippen MR) is 60.0 cm³/mol. The Bertz CT molecular complexity index is 334. The quantitative estimate of drug-likeness (QED) is 0.680. The summed E-state index contributed by atoms with van der Waals surface area (Å²) in [4.78, 5) is 14.3. The highest BCUT2D eigenvalue weighted by atomic mass is 16.1. The largest absolute Gasteiger partial charge is 0.376 e. The first-order valence-corrected chi connectivity index (χ1v) is 4.52. The second-order valence-electron chi connectivity index (χ2n) is 3.60. The Morgan fingerprint density at radius 1 is 1.14 bits per heavy atom. The van der Waals surface area contributed by atoms with Crippen molar-refractivity contribution in [1.29, 1.82) is 0 Å². The van der Waals surface area contributed by atoms with Crippen molar-refractivity contribution in [2.45, 2.75) is 6.92 Å². The van der Waals surface area contributed by atoms with Crippen molar-refractivity contribution in [2.75, 3.05) is 30.9 Å². The third-order valence-corrected chi connectivity index (χ3v) is 2.15. The van der Waals surface area contributed by atoms with Crippen molar-refractivity contribution in [1.82, 2.24) is 0 Å². The van der Waals surface area contributed by atoms with Gasteiger partial charge in [-0.2, -0.15) is 0 Å². The average Bonchev–Trinajstić information content (AvgIpc) is 2.16. The van der Waals surface area contributed by atoms with Gasteiger partial charge in [0, 0.05) is 21.1 Å². The summed E-state index contributed by atoms with van der Waals surface area (Å²) in [5.74, 6) is 0. The summed E-state index contributed by atoms with van der Waals surface area (Å²) in [5.41, 5.74) is 3.13. The van der Waals surface area contributed by atoms with E-state index in [1.165, 1.54) is 0 Å². The highest BCUT2D eigenvalue weighted by Gasteiger charge is 2.07. The molecule has 0 aliphatic carbocycles. The molecule has 14 heavy (non-hydrogen) atoms. The van der Waals surface area contributed by atoms with Gasteiger partial charge in [0.15, 0.2) is 0 Å². The van der Waals surface area contributed by atoms with Gasteiger partial charge in [0.1, 0.15) is 0 Å². The number of benzene rings is 1. The van der Waals surface area contributed by atoms with Crippen LogP contribution in [0.3, 0.4) is 0 Å². The van der Waals surface area contributed by atoms with Crippen molar-refractivity contribution in [2.24, 2.45) is 0 Å². The molecule has 0 heterocycles.